The van der Waals surface area contributed by atoms with Gasteiger partial charge in [0.2, 0.25) is 0 Å². The zero-order chi connectivity index (χ0) is 22.8. The molecule has 0 spiro atoms. The topological polar surface area (TPSA) is 77.1 Å². The number of hydrogen-bond donors (Lipinski definition) is 2. The molecule has 2 aromatic heterocycles. The lowest BCUT2D eigenvalue weighted by atomic mass is 10.1. The van der Waals surface area contributed by atoms with Crippen molar-refractivity contribution in [2.45, 2.75) is 13.5 Å². The Morgan fingerprint density at radius 1 is 1.06 bits per heavy atom. The van der Waals surface area contributed by atoms with E-state index < -0.39 is 0 Å². The quantitative estimate of drug-likeness (QED) is 0.467. The molecule has 0 unspecified atom stereocenters. The number of carbonyl (C=O) groups is 1. The molecule has 3 heterocycles. The summed E-state index contributed by atoms with van der Waals surface area (Å²) >= 11 is 6.03. The lowest BCUT2D eigenvalue weighted by Gasteiger charge is -2.37. The van der Waals surface area contributed by atoms with E-state index in [1.807, 2.05) is 49.5 Å². The Balaban J connectivity index is 1.33. The van der Waals surface area contributed by atoms with Crippen LogP contribution in [-0.2, 0) is 6.54 Å². The highest BCUT2D eigenvalue weighted by molar-refractivity contribution is 6.30. The fourth-order valence-electron chi connectivity index (χ4n) is 4.21. The number of hydrogen-bond acceptors (Lipinski definition) is 5. The number of carbonyl (C=O) groups excluding carboxylic acids is 1. The lowest BCUT2D eigenvalue weighted by molar-refractivity contribution is 0.0951. The van der Waals surface area contributed by atoms with Crippen molar-refractivity contribution in [3.8, 4) is 0 Å². The van der Waals surface area contributed by atoms with E-state index in [9.17, 15) is 4.79 Å². The van der Waals surface area contributed by atoms with Crippen LogP contribution in [0.15, 0.2) is 60.9 Å². The summed E-state index contributed by atoms with van der Waals surface area (Å²) in [6.07, 6.45) is 3.58. The number of halogens is 1. The Bertz CT molecular complexity index is 1280. The standard InChI is InChI=1S/C25H25ClN6O/c1-17-20(16-29-30-17)15-28-25(33)19-3-2-18-8-9-27-24(23(18)14-19)32-12-10-31(11-13-32)22-6-4-21(26)5-7-22/h2-9,14,16H,10-13,15H2,1H3,(H,28,33)(H,29,30). The fraction of sp³-hybridized carbons (Fsp3) is 0.240. The van der Waals surface area contributed by atoms with Crippen LogP contribution >= 0.6 is 11.6 Å². The van der Waals surface area contributed by atoms with E-state index in [1.54, 1.807) is 6.20 Å². The van der Waals surface area contributed by atoms with Gasteiger partial charge in [-0.25, -0.2) is 4.98 Å². The number of amides is 1. The van der Waals surface area contributed by atoms with Crippen LogP contribution in [0.3, 0.4) is 0 Å². The van der Waals surface area contributed by atoms with Crippen LogP contribution in [0.25, 0.3) is 10.8 Å². The van der Waals surface area contributed by atoms with Crippen molar-refractivity contribution in [1.29, 1.82) is 0 Å². The summed E-state index contributed by atoms with van der Waals surface area (Å²) in [5, 5.41) is 12.7. The molecule has 0 aliphatic carbocycles. The first-order valence-electron chi connectivity index (χ1n) is 11.0. The molecule has 168 valence electrons. The van der Waals surface area contributed by atoms with Crippen molar-refractivity contribution >= 4 is 39.8 Å². The molecule has 1 aliphatic heterocycles. The van der Waals surface area contributed by atoms with Crippen molar-refractivity contribution in [1.82, 2.24) is 20.5 Å². The number of aromatic nitrogens is 3. The molecule has 1 fully saturated rings. The van der Waals surface area contributed by atoms with Crippen LogP contribution in [0.4, 0.5) is 11.5 Å². The second-order valence-electron chi connectivity index (χ2n) is 8.22. The Labute approximate surface area is 197 Å². The molecule has 1 saturated heterocycles. The number of nitrogens with zero attached hydrogens (tertiary/aromatic N) is 4. The number of aryl methyl sites for hydroxylation is 1. The summed E-state index contributed by atoms with van der Waals surface area (Å²) in [5.41, 5.74) is 3.73. The van der Waals surface area contributed by atoms with Crippen molar-refractivity contribution in [3.05, 3.63) is 82.8 Å². The monoisotopic (exact) mass is 460 g/mol. The third-order valence-corrected chi connectivity index (χ3v) is 6.40. The Morgan fingerprint density at radius 3 is 2.55 bits per heavy atom. The summed E-state index contributed by atoms with van der Waals surface area (Å²) in [4.78, 5) is 22.2. The molecule has 0 atom stereocenters. The predicted molar refractivity (Wildman–Crippen MR) is 132 cm³/mol. The SMILES string of the molecule is Cc1[nH]ncc1CNC(=O)c1ccc2ccnc(N3CCN(c4ccc(Cl)cc4)CC3)c2c1. The van der Waals surface area contributed by atoms with Gasteiger partial charge in [0, 0.05) is 71.8 Å². The van der Waals surface area contributed by atoms with Crippen molar-refractivity contribution in [2.24, 2.45) is 0 Å². The van der Waals surface area contributed by atoms with Gasteiger partial charge >= 0.3 is 0 Å². The second-order valence-corrected chi connectivity index (χ2v) is 8.66. The van der Waals surface area contributed by atoms with E-state index >= 15 is 0 Å². The number of aromatic amines is 1. The van der Waals surface area contributed by atoms with E-state index in [-0.39, 0.29) is 5.91 Å². The van der Waals surface area contributed by atoms with Gasteiger partial charge in [-0.05, 0) is 54.8 Å². The Kier molecular flexibility index (Phi) is 5.88. The maximum absolute atomic E-state index is 12.8. The van der Waals surface area contributed by atoms with Gasteiger partial charge in [-0.15, -0.1) is 0 Å². The Morgan fingerprint density at radius 2 is 1.82 bits per heavy atom. The smallest absolute Gasteiger partial charge is 0.251 e. The average Bonchev–Trinajstić information content (AvgIpc) is 3.27. The molecule has 33 heavy (non-hydrogen) atoms. The molecule has 4 aromatic rings. The number of piperazine rings is 1. The molecular weight excluding hydrogens is 436 g/mol. The normalized spacial score (nSPS) is 14.0. The van der Waals surface area contributed by atoms with E-state index in [0.717, 1.165) is 59.0 Å². The lowest BCUT2D eigenvalue weighted by Crippen LogP contribution is -2.46. The molecule has 8 heteroatoms. The van der Waals surface area contributed by atoms with E-state index in [4.69, 9.17) is 11.6 Å². The summed E-state index contributed by atoms with van der Waals surface area (Å²) in [7, 11) is 0. The van der Waals surface area contributed by atoms with Gasteiger partial charge in [0.15, 0.2) is 0 Å². The van der Waals surface area contributed by atoms with Crippen LogP contribution in [-0.4, -0.2) is 47.3 Å². The van der Waals surface area contributed by atoms with Gasteiger partial charge in [0.25, 0.3) is 5.91 Å². The minimum absolute atomic E-state index is 0.111. The molecule has 1 aliphatic rings. The highest BCUT2D eigenvalue weighted by atomic mass is 35.5. The zero-order valence-corrected chi connectivity index (χ0v) is 19.1. The maximum Gasteiger partial charge on any atom is 0.251 e. The number of rotatable bonds is 5. The van der Waals surface area contributed by atoms with Gasteiger partial charge in [0.1, 0.15) is 5.82 Å². The van der Waals surface area contributed by atoms with Crippen molar-refractivity contribution in [3.63, 3.8) is 0 Å². The highest BCUT2D eigenvalue weighted by Crippen LogP contribution is 2.28. The molecular formula is C25H25ClN6O. The van der Waals surface area contributed by atoms with Crippen LogP contribution in [0.1, 0.15) is 21.6 Å². The van der Waals surface area contributed by atoms with Crippen LogP contribution in [0, 0.1) is 6.92 Å². The zero-order valence-electron chi connectivity index (χ0n) is 18.4. The minimum Gasteiger partial charge on any atom is -0.368 e. The molecule has 0 radical (unpaired) electrons. The van der Waals surface area contributed by atoms with Gasteiger partial charge in [-0.3, -0.25) is 9.89 Å². The summed E-state index contributed by atoms with van der Waals surface area (Å²) in [5.74, 6) is 0.809. The molecule has 1 amide bonds. The minimum atomic E-state index is -0.111. The number of H-pyrrole nitrogens is 1. The first-order valence-corrected chi connectivity index (χ1v) is 11.4. The average molecular weight is 461 g/mol. The van der Waals surface area contributed by atoms with Crippen molar-refractivity contribution in [2.75, 3.05) is 36.0 Å². The van der Waals surface area contributed by atoms with Gasteiger partial charge in [-0.2, -0.15) is 5.10 Å². The third-order valence-electron chi connectivity index (χ3n) is 6.15. The number of anilines is 2. The molecule has 0 saturated carbocycles. The number of pyridine rings is 1. The fourth-order valence-corrected chi connectivity index (χ4v) is 4.33. The highest BCUT2D eigenvalue weighted by Gasteiger charge is 2.20. The van der Waals surface area contributed by atoms with Gasteiger partial charge in [0.05, 0.1) is 6.20 Å². The van der Waals surface area contributed by atoms with Crippen molar-refractivity contribution < 1.29 is 4.79 Å². The van der Waals surface area contributed by atoms with Gasteiger partial charge in [-0.1, -0.05) is 17.7 Å². The maximum atomic E-state index is 12.8. The van der Waals surface area contributed by atoms with E-state index in [1.165, 1.54) is 5.69 Å². The first kappa shape index (κ1) is 21.3. The van der Waals surface area contributed by atoms with E-state index in [0.29, 0.717) is 12.1 Å². The molecule has 5 rings (SSSR count). The Hall–Kier alpha value is -3.58. The largest absolute Gasteiger partial charge is 0.368 e. The van der Waals surface area contributed by atoms with E-state index in [2.05, 4.69) is 42.4 Å². The first-order chi connectivity index (χ1) is 16.1. The molecule has 7 nitrogen and oxygen atoms in total. The summed E-state index contributed by atoms with van der Waals surface area (Å²) in [6.45, 7) is 5.87. The van der Waals surface area contributed by atoms with Crippen LogP contribution in [0.5, 0.6) is 0 Å². The summed E-state index contributed by atoms with van der Waals surface area (Å²) in [6, 6.07) is 15.8. The van der Waals surface area contributed by atoms with Crippen LogP contribution in [0.2, 0.25) is 5.02 Å². The number of fused-ring (bicyclic) bond motifs is 1. The number of benzene rings is 2. The predicted octanol–water partition coefficient (Wildman–Crippen LogP) is 4.18. The number of nitrogens with one attached hydrogen (secondary N) is 2. The molecule has 0 bridgehead atoms. The molecule has 2 N–H and O–H groups in total. The third kappa shape index (κ3) is 4.50. The summed E-state index contributed by atoms with van der Waals surface area (Å²) < 4.78 is 0. The van der Waals surface area contributed by atoms with Crippen LogP contribution < -0.4 is 15.1 Å². The second kappa shape index (κ2) is 9.11. The molecule has 2 aromatic carbocycles. The van der Waals surface area contributed by atoms with Gasteiger partial charge < -0.3 is 15.1 Å².